The molecule has 0 aromatic heterocycles. The van der Waals surface area contributed by atoms with Crippen molar-refractivity contribution in [3.63, 3.8) is 0 Å². The highest BCUT2D eigenvalue weighted by Gasteiger charge is 2.42. The summed E-state index contributed by atoms with van der Waals surface area (Å²) in [6, 6.07) is 0. The fourth-order valence-corrected chi connectivity index (χ4v) is 4.58. The second-order valence-corrected chi connectivity index (χ2v) is 6.84. The number of hydrogen-bond donors (Lipinski definition) is 1. The number of likely N-dealkylation sites (N-methyl/N-ethyl adjacent to an activating group) is 1. The highest BCUT2D eigenvalue weighted by Crippen LogP contribution is 2.36. The maximum absolute atomic E-state index is 12.0. The van der Waals surface area contributed by atoms with Crippen molar-refractivity contribution in [2.75, 3.05) is 26.5 Å². The van der Waals surface area contributed by atoms with Gasteiger partial charge in [-0.1, -0.05) is 0 Å². The number of methoxy groups -OCH3 is 1. The third-order valence-electron chi connectivity index (χ3n) is 4.30. The van der Waals surface area contributed by atoms with Gasteiger partial charge in [-0.05, 0) is 45.6 Å². The molecule has 1 heterocycles. The summed E-state index contributed by atoms with van der Waals surface area (Å²) in [5.41, 5.74) is -0.471. The average Bonchev–Trinajstić information content (AvgIpc) is 2.97. The van der Waals surface area contributed by atoms with Crippen LogP contribution in [-0.2, 0) is 14.3 Å². The van der Waals surface area contributed by atoms with Gasteiger partial charge in [0, 0.05) is 17.6 Å². The summed E-state index contributed by atoms with van der Waals surface area (Å²) < 4.78 is 10.6. The monoisotopic (exact) mass is 287 g/mol. The van der Waals surface area contributed by atoms with Crippen molar-refractivity contribution in [2.24, 2.45) is 0 Å². The van der Waals surface area contributed by atoms with Crippen LogP contribution < -0.4 is 5.32 Å². The molecule has 5 heteroatoms. The van der Waals surface area contributed by atoms with Crippen LogP contribution in [-0.4, -0.2) is 49.4 Å². The molecule has 0 aromatic rings. The number of esters is 1. The normalized spacial score (nSPS) is 35.3. The van der Waals surface area contributed by atoms with Crippen LogP contribution in [0.3, 0.4) is 0 Å². The van der Waals surface area contributed by atoms with Crippen LogP contribution in [0.15, 0.2) is 0 Å². The van der Waals surface area contributed by atoms with Gasteiger partial charge in [0.25, 0.3) is 0 Å². The first kappa shape index (κ1) is 15.1. The number of rotatable bonds is 5. The van der Waals surface area contributed by atoms with Crippen LogP contribution in [0, 0.1) is 0 Å². The molecule has 1 saturated carbocycles. The Labute approximate surface area is 120 Å². The Morgan fingerprint density at radius 1 is 1.47 bits per heavy atom. The summed E-state index contributed by atoms with van der Waals surface area (Å²) in [6.07, 6.45) is 6.83. The predicted octanol–water partition coefficient (Wildman–Crippen LogP) is 1.97. The van der Waals surface area contributed by atoms with Gasteiger partial charge in [0.15, 0.2) is 0 Å². The SMILES string of the molecule is CNC1(C(=O)OC)CCCC(SCC2CCCO2)C1. The molecule has 3 atom stereocenters. The number of thioether (sulfide) groups is 1. The molecule has 3 unspecified atom stereocenters. The Morgan fingerprint density at radius 3 is 2.95 bits per heavy atom. The summed E-state index contributed by atoms with van der Waals surface area (Å²) in [7, 11) is 3.34. The van der Waals surface area contributed by atoms with E-state index in [4.69, 9.17) is 9.47 Å². The fraction of sp³-hybridized carbons (Fsp3) is 0.929. The Hall–Kier alpha value is -0.260. The maximum atomic E-state index is 12.0. The zero-order valence-corrected chi connectivity index (χ0v) is 12.8. The van der Waals surface area contributed by atoms with Gasteiger partial charge in [0.1, 0.15) is 5.54 Å². The smallest absolute Gasteiger partial charge is 0.326 e. The van der Waals surface area contributed by atoms with Gasteiger partial charge in [-0.3, -0.25) is 4.79 Å². The average molecular weight is 287 g/mol. The highest BCUT2D eigenvalue weighted by molar-refractivity contribution is 7.99. The van der Waals surface area contributed by atoms with E-state index in [9.17, 15) is 4.79 Å². The van der Waals surface area contributed by atoms with Gasteiger partial charge in [0.05, 0.1) is 13.2 Å². The van der Waals surface area contributed by atoms with E-state index in [1.807, 2.05) is 18.8 Å². The van der Waals surface area contributed by atoms with Crippen LogP contribution in [0.2, 0.25) is 0 Å². The first-order valence-electron chi connectivity index (χ1n) is 7.21. The molecule has 1 N–H and O–H groups in total. The molecule has 110 valence electrons. The molecule has 1 aliphatic carbocycles. The van der Waals surface area contributed by atoms with Gasteiger partial charge < -0.3 is 14.8 Å². The lowest BCUT2D eigenvalue weighted by molar-refractivity contribution is -0.149. The molecule has 19 heavy (non-hydrogen) atoms. The van der Waals surface area contributed by atoms with E-state index < -0.39 is 5.54 Å². The van der Waals surface area contributed by atoms with E-state index in [2.05, 4.69) is 5.32 Å². The van der Waals surface area contributed by atoms with Crippen molar-refractivity contribution in [1.82, 2.24) is 5.32 Å². The second kappa shape index (κ2) is 6.95. The summed E-state index contributed by atoms with van der Waals surface area (Å²) in [4.78, 5) is 12.0. The largest absolute Gasteiger partial charge is 0.468 e. The highest BCUT2D eigenvalue weighted by atomic mass is 32.2. The van der Waals surface area contributed by atoms with Crippen molar-refractivity contribution < 1.29 is 14.3 Å². The van der Waals surface area contributed by atoms with Crippen molar-refractivity contribution in [2.45, 2.75) is 55.4 Å². The molecule has 0 aromatic carbocycles. The van der Waals surface area contributed by atoms with Gasteiger partial charge in [-0.15, -0.1) is 0 Å². The molecule has 4 nitrogen and oxygen atoms in total. The topological polar surface area (TPSA) is 47.6 Å². The lowest BCUT2D eigenvalue weighted by Gasteiger charge is -2.38. The van der Waals surface area contributed by atoms with E-state index in [0.29, 0.717) is 11.4 Å². The quantitative estimate of drug-likeness (QED) is 0.783. The van der Waals surface area contributed by atoms with Crippen LogP contribution in [0.5, 0.6) is 0 Å². The Kier molecular flexibility index (Phi) is 5.54. The van der Waals surface area contributed by atoms with E-state index in [1.165, 1.54) is 26.4 Å². The lowest BCUT2D eigenvalue weighted by Crippen LogP contribution is -2.54. The summed E-state index contributed by atoms with van der Waals surface area (Å²) in [5, 5.41) is 3.74. The van der Waals surface area contributed by atoms with Gasteiger partial charge in [-0.25, -0.2) is 0 Å². The number of carbonyl (C=O) groups is 1. The van der Waals surface area contributed by atoms with Crippen LogP contribution in [0.25, 0.3) is 0 Å². The molecule has 0 bridgehead atoms. The summed E-state index contributed by atoms with van der Waals surface area (Å²) >= 11 is 1.97. The van der Waals surface area contributed by atoms with Gasteiger partial charge in [-0.2, -0.15) is 11.8 Å². The molecule has 1 saturated heterocycles. The fourth-order valence-electron chi connectivity index (χ4n) is 3.10. The molecule has 2 rings (SSSR count). The zero-order chi connectivity index (χ0) is 13.7. The predicted molar refractivity (Wildman–Crippen MR) is 77.5 cm³/mol. The molecule has 2 aliphatic rings. The van der Waals surface area contributed by atoms with Crippen molar-refractivity contribution in [1.29, 1.82) is 0 Å². The molecule has 0 amide bonds. The van der Waals surface area contributed by atoms with Crippen LogP contribution in [0.1, 0.15) is 38.5 Å². The number of carbonyl (C=O) groups excluding carboxylic acids is 1. The van der Waals surface area contributed by atoms with E-state index in [1.54, 1.807) is 0 Å². The maximum Gasteiger partial charge on any atom is 0.326 e. The third-order valence-corrected chi connectivity index (χ3v) is 5.74. The first-order valence-corrected chi connectivity index (χ1v) is 8.25. The lowest BCUT2D eigenvalue weighted by atomic mass is 9.81. The molecular formula is C14H25NO3S. The number of nitrogens with one attached hydrogen (secondary N) is 1. The summed E-state index contributed by atoms with van der Waals surface area (Å²) in [6.45, 7) is 0.915. The van der Waals surface area contributed by atoms with Gasteiger partial charge >= 0.3 is 5.97 Å². The van der Waals surface area contributed by atoms with E-state index in [0.717, 1.165) is 31.6 Å². The van der Waals surface area contributed by atoms with Crippen LogP contribution >= 0.6 is 11.8 Å². The molecule has 1 aliphatic heterocycles. The van der Waals surface area contributed by atoms with Gasteiger partial charge in [0.2, 0.25) is 0 Å². The Morgan fingerprint density at radius 2 is 2.32 bits per heavy atom. The summed E-state index contributed by atoms with van der Waals surface area (Å²) in [5.74, 6) is 0.948. The second-order valence-electron chi connectivity index (χ2n) is 5.51. The molecule has 0 radical (unpaired) electrons. The molecular weight excluding hydrogens is 262 g/mol. The minimum Gasteiger partial charge on any atom is -0.468 e. The van der Waals surface area contributed by atoms with Crippen molar-refractivity contribution >= 4 is 17.7 Å². The van der Waals surface area contributed by atoms with E-state index >= 15 is 0 Å². The number of hydrogen-bond acceptors (Lipinski definition) is 5. The third kappa shape index (κ3) is 3.64. The Balaban J connectivity index is 1.86. The first-order chi connectivity index (χ1) is 9.20. The van der Waals surface area contributed by atoms with Crippen molar-refractivity contribution in [3.8, 4) is 0 Å². The number of ether oxygens (including phenoxy) is 2. The Bertz CT molecular complexity index is 307. The minimum absolute atomic E-state index is 0.114. The van der Waals surface area contributed by atoms with Crippen molar-refractivity contribution in [3.05, 3.63) is 0 Å². The molecule has 2 fully saturated rings. The standard InChI is InChI=1S/C14H25NO3S/c1-15-14(13(16)17-2)7-3-6-12(9-14)19-10-11-5-4-8-18-11/h11-12,15H,3-10H2,1-2H3. The molecule has 0 spiro atoms. The minimum atomic E-state index is -0.471. The van der Waals surface area contributed by atoms with E-state index in [-0.39, 0.29) is 5.97 Å². The van der Waals surface area contributed by atoms with Crippen LogP contribution in [0.4, 0.5) is 0 Å². The zero-order valence-electron chi connectivity index (χ0n) is 11.9.